The SMILES string of the molecule is Cc1cn([C@@H]2COC3(COC(C)(C)OC3)[C@H]2Sc2ccccc2)c(=O)n(C(=O)c2ccccc2)c1=O. The Bertz CT molecular complexity index is 1370. The van der Waals surface area contributed by atoms with E-state index in [1.54, 1.807) is 49.0 Å². The number of aromatic nitrogens is 2. The Kier molecular flexibility index (Phi) is 6.50. The van der Waals surface area contributed by atoms with Gasteiger partial charge in [0.1, 0.15) is 5.60 Å². The third kappa shape index (κ3) is 4.48. The van der Waals surface area contributed by atoms with Crippen LogP contribution >= 0.6 is 11.8 Å². The molecule has 2 aliphatic heterocycles. The fraction of sp³-hybridized carbons (Fsp3) is 0.370. The summed E-state index contributed by atoms with van der Waals surface area (Å²) in [7, 11) is 0. The van der Waals surface area contributed by atoms with Gasteiger partial charge in [-0.3, -0.25) is 14.2 Å². The van der Waals surface area contributed by atoms with Crippen LogP contribution in [0.2, 0.25) is 0 Å². The second kappa shape index (κ2) is 9.48. The van der Waals surface area contributed by atoms with Gasteiger partial charge < -0.3 is 14.2 Å². The predicted molar refractivity (Wildman–Crippen MR) is 136 cm³/mol. The van der Waals surface area contributed by atoms with Crippen LogP contribution in [0, 0.1) is 6.92 Å². The summed E-state index contributed by atoms with van der Waals surface area (Å²) in [4.78, 5) is 40.9. The normalized spacial score (nSPS) is 22.5. The lowest BCUT2D eigenvalue weighted by Crippen LogP contribution is -2.56. The number of rotatable bonds is 4. The van der Waals surface area contributed by atoms with E-state index >= 15 is 0 Å². The Hall–Kier alpha value is -2.98. The standard InChI is InChI=1S/C27H28N2O6S/c1-18-14-28(25(32)29(23(18)30)24(31)19-10-6-4-7-11-19)21-15-33-27(16-34-26(2,3)35-17-27)22(21)36-20-12-8-5-9-13-20/h4-14,21-22H,15-17H2,1-3H3/t21-,22+/m1/s1. The fourth-order valence-electron chi connectivity index (χ4n) is 4.58. The number of thioether (sulfide) groups is 1. The van der Waals surface area contributed by atoms with Crippen LogP contribution in [0.25, 0.3) is 0 Å². The maximum absolute atomic E-state index is 13.7. The molecular weight excluding hydrogens is 480 g/mol. The van der Waals surface area contributed by atoms with Gasteiger partial charge >= 0.3 is 5.69 Å². The molecule has 2 atom stereocenters. The predicted octanol–water partition coefficient (Wildman–Crippen LogP) is 3.26. The van der Waals surface area contributed by atoms with Crippen LogP contribution in [0.3, 0.4) is 0 Å². The zero-order valence-electron chi connectivity index (χ0n) is 20.4. The summed E-state index contributed by atoms with van der Waals surface area (Å²) in [5.41, 5.74) is -1.57. The maximum atomic E-state index is 13.7. The summed E-state index contributed by atoms with van der Waals surface area (Å²) in [6.07, 6.45) is 1.53. The first-order valence-electron chi connectivity index (χ1n) is 11.8. The number of nitrogens with zero attached hydrogens (tertiary/aromatic N) is 2. The molecule has 36 heavy (non-hydrogen) atoms. The third-order valence-electron chi connectivity index (χ3n) is 6.61. The van der Waals surface area contributed by atoms with Crippen molar-refractivity contribution in [2.24, 2.45) is 0 Å². The van der Waals surface area contributed by atoms with Crippen LogP contribution in [-0.4, -0.2) is 51.5 Å². The molecule has 5 rings (SSSR count). The number of hydrogen-bond donors (Lipinski definition) is 0. The van der Waals surface area contributed by atoms with Crippen molar-refractivity contribution in [3.8, 4) is 0 Å². The molecular formula is C27H28N2O6S. The first kappa shape index (κ1) is 24.7. The topological polar surface area (TPSA) is 88.8 Å². The largest absolute Gasteiger partial charge is 0.367 e. The van der Waals surface area contributed by atoms with Gasteiger partial charge in [-0.15, -0.1) is 11.8 Å². The van der Waals surface area contributed by atoms with Gasteiger partial charge in [-0.1, -0.05) is 36.4 Å². The molecule has 188 valence electrons. The molecule has 1 spiro atoms. The first-order valence-corrected chi connectivity index (χ1v) is 12.7. The summed E-state index contributed by atoms with van der Waals surface area (Å²) in [6, 6.07) is 17.7. The van der Waals surface area contributed by atoms with E-state index in [9.17, 15) is 14.4 Å². The lowest BCUT2D eigenvalue weighted by Gasteiger charge is -2.43. The van der Waals surface area contributed by atoms with E-state index in [-0.39, 0.29) is 30.6 Å². The van der Waals surface area contributed by atoms with Gasteiger partial charge in [-0.25, -0.2) is 4.79 Å². The molecule has 0 bridgehead atoms. The van der Waals surface area contributed by atoms with Crippen molar-refractivity contribution in [3.63, 3.8) is 0 Å². The summed E-state index contributed by atoms with van der Waals surface area (Å²) in [5.74, 6) is -1.40. The molecule has 9 heteroatoms. The van der Waals surface area contributed by atoms with Crippen molar-refractivity contribution in [1.82, 2.24) is 9.13 Å². The second-order valence-corrected chi connectivity index (χ2v) is 10.8. The van der Waals surface area contributed by atoms with Crippen molar-refractivity contribution in [2.75, 3.05) is 19.8 Å². The summed E-state index contributed by atoms with van der Waals surface area (Å²) < 4.78 is 20.5. The summed E-state index contributed by atoms with van der Waals surface area (Å²) in [6.45, 7) is 6.09. The molecule has 1 aromatic heterocycles. The van der Waals surface area contributed by atoms with E-state index in [0.29, 0.717) is 5.56 Å². The average molecular weight is 509 g/mol. The third-order valence-corrected chi connectivity index (χ3v) is 8.15. The Morgan fingerprint density at radius 2 is 1.56 bits per heavy atom. The van der Waals surface area contributed by atoms with Crippen LogP contribution in [0.4, 0.5) is 0 Å². The van der Waals surface area contributed by atoms with Crippen LogP contribution in [-0.2, 0) is 14.2 Å². The van der Waals surface area contributed by atoms with Gasteiger partial charge in [0.2, 0.25) is 0 Å². The van der Waals surface area contributed by atoms with Crippen LogP contribution in [0.5, 0.6) is 0 Å². The highest BCUT2D eigenvalue weighted by molar-refractivity contribution is 8.00. The Balaban J connectivity index is 1.59. The lowest BCUT2D eigenvalue weighted by atomic mass is 9.97. The van der Waals surface area contributed by atoms with Gasteiger partial charge in [0.05, 0.1) is 31.1 Å². The lowest BCUT2D eigenvalue weighted by molar-refractivity contribution is -0.300. The highest BCUT2D eigenvalue weighted by atomic mass is 32.2. The minimum absolute atomic E-state index is 0.203. The first-order chi connectivity index (χ1) is 17.2. The smallest absolute Gasteiger partial charge is 0.338 e. The number of carbonyl (C=O) groups is 1. The van der Waals surface area contributed by atoms with Crippen molar-refractivity contribution in [3.05, 3.63) is 98.8 Å². The molecule has 8 nitrogen and oxygen atoms in total. The number of carbonyl (C=O) groups excluding carboxylic acids is 1. The summed E-state index contributed by atoms with van der Waals surface area (Å²) in [5, 5.41) is -0.286. The van der Waals surface area contributed by atoms with Gasteiger partial charge in [-0.2, -0.15) is 4.57 Å². The van der Waals surface area contributed by atoms with Gasteiger partial charge in [0.15, 0.2) is 5.79 Å². The number of benzene rings is 2. The van der Waals surface area contributed by atoms with Gasteiger partial charge in [0.25, 0.3) is 11.5 Å². The van der Waals surface area contributed by atoms with Crippen molar-refractivity contribution < 1.29 is 19.0 Å². The minimum Gasteiger partial charge on any atom is -0.367 e. The molecule has 0 radical (unpaired) electrons. The number of hydrogen-bond acceptors (Lipinski definition) is 7. The zero-order chi connectivity index (χ0) is 25.5. The molecule has 2 fully saturated rings. The quantitative estimate of drug-likeness (QED) is 0.535. The monoisotopic (exact) mass is 508 g/mol. The van der Waals surface area contributed by atoms with E-state index in [4.69, 9.17) is 14.2 Å². The van der Waals surface area contributed by atoms with Gasteiger partial charge in [0, 0.05) is 22.2 Å². The maximum Gasteiger partial charge on any atom is 0.338 e. The molecule has 2 aromatic carbocycles. The van der Waals surface area contributed by atoms with Crippen molar-refractivity contribution >= 4 is 17.7 Å². The molecule has 0 saturated carbocycles. The molecule has 0 N–H and O–H groups in total. The van der Waals surface area contributed by atoms with E-state index < -0.39 is 34.6 Å². The van der Waals surface area contributed by atoms with E-state index in [1.807, 2.05) is 44.2 Å². The molecule has 0 unspecified atom stereocenters. The van der Waals surface area contributed by atoms with Crippen LogP contribution < -0.4 is 11.2 Å². The molecule has 3 heterocycles. The Morgan fingerprint density at radius 1 is 0.944 bits per heavy atom. The molecule has 2 saturated heterocycles. The van der Waals surface area contributed by atoms with E-state index in [1.165, 1.54) is 10.8 Å². The highest BCUT2D eigenvalue weighted by Crippen LogP contribution is 2.47. The van der Waals surface area contributed by atoms with E-state index in [2.05, 4.69) is 0 Å². The molecule has 2 aliphatic rings. The molecule has 0 aliphatic carbocycles. The molecule has 0 amide bonds. The zero-order valence-corrected chi connectivity index (χ0v) is 21.2. The van der Waals surface area contributed by atoms with Crippen molar-refractivity contribution in [1.29, 1.82) is 0 Å². The number of aryl methyl sites for hydroxylation is 1. The van der Waals surface area contributed by atoms with Crippen LogP contribution in [0.15, 0.2) is 81.3 Å². The van der Waals surface area contributed by atoms with Crippen LogP contribution in [0.1, 0.15) is 35.8 Å². The van der Waals surface area contributed by atoms with Gasteiger partial charge in [-0.05, 0) is 45.0 Å². The highest BCUT2D eigenvalue weighted by Gasteiger charge is 2.55. The van der Waals surface area contributed by atoms with Crippen molar-refractivity contribution in [2.45, 2.75) is 48.3 Å². The number of ether oxygens (including phenoxy) is 3. The second-order valence-electron chi connectivity index (χ2n) is 9.59. The average Bonchev–Trinajstić information content (AvgIpc) is 3.22. The fourth-order valence-corrected chi connectivity index (χ4v) is 5.97. The molecule has 3 aromatic rings. The summed E-state index contributed by atoms with van der Waals surface area (Å²) >= 11 is 1.57. The van der Waals surface area contributed by atoms with E-state index in [0.717, 1.165) is 9.46 Å². The Labute approximate surface area is 212 Å². The Morgan fingerprint density at radius 3 is 2.19 bits per heavy atom. The minimum atomic E-state index is -0.807.